The number of benzene rings is 1. The zero-order valence-electron chi connectivity index (χ0n) is 11.3. The molecule has 0 radical (unpaired) electrons. The molecule has 0 saturated heterocycles. The van der Waals surface area contributed by atoms with Crippen LogP contribution in [-0.2, 0) is 4.79 Å². The van der Waals surface area contributed by atoms with Gasteiger partial charge in [-0.05, 0) is 13.0 Å². The van der Waals surface area contributed by atoms with Crippen LogP contribution in [0, 0.1) is 10.1 Å². The molecule has 7 nitrogen and oxygen atoms in total. The fraction of sp³-hybridized carbons (Fsp3) is 0.417. The third kappa shape index (κ3) is 3.91. The van der Waals surface area contributed by atoms with E-state index in [-0.39, 0.29) is 29.5 Å². The van der Waals surface area contributed by atoms with Crippen molar-refractivity contribution in [3.63, 3.8) is 0 Å². The van der Waals surface area contributed by atoms with Gasteiger partial charge in [0, 0.05) is 30.2 Å². The number of ether oxygens (including phenoxy) is 1. The maximum Gasteiger partial charge on any atom is 0.312 e. The zero-order chi connectivity index (χ0) is 15.4. The summed E-state index contributed by atoms with van der Waals surface area (Å²) in [5.41, 5.74) is -0.0561. The highest BCUT2D eigenvalue weighted by molar-refractivity contribution is 9.10. The fourth-order valence-electron chi connectivity index (χ4n) is 1.47. The Morgan fingerprint density at radius 3 is 2.60 bits per heavy atom. The van der Waals surface area contributed by atoms with Crippen molar-refractivity contribution >= 4 is 27.5 Å². The van der Waals surface area contributed by atoms with E-state index in [4.69, 9.17) is 4.74 Å². The van der Waals surface area contributed by atoms with Gasteiger partial charge in [-0.3, -0.25) is 14.9 Å². The van der Waals surface area contributed by atoms with E-state index in [0.29, 0.717) is 4.47 Å². The molecule has 0 unspecified atom stereocenters. The highest BCUT2D eigenvalue weighted by Gasteiger charge is 2.24. The summed E-state index contributed by atoms with van der Waals surface area (Å²) in [7, 11) is 3.11. The lowest BCUT2D eigenvalue weighted by molar-refractivity contribution is -0.386. The van der Waals surface area contributed by atoms with Crippen molar-refractivity contribution < 1.29 is 19.6 Å². The van der Waals surface area contributed by atoms with Gasteiger partial charge in [-0.1, -0.05) is 15.9 Å². The van der Waals surface area contributed by atoms with E-state index < -0.39 is 11.0 Å². The Morgan fingerprint density at radius 1 is 1.55 bits per heavy atom. The lowest BCUT2D eigenvalue weighted by Gasteiger charge is -2.15. The number of nitro groups is 1. The van der Waals surface area contributed by atoms with Crippen molar-refractivity contribution in [2.75, 3.05) is 20.7 Å². The Hall–Kier alpha value is -1.67. The van der Waals surface area contributed by atoms with Crippen LogP contribution < -0.4 is 4.74 Å². The monoisotopic (exact) mass is 346 g/mol. The Balaban J connectivity index is 3.20. The van der Waals surface area contributed by atoms with Crippen LogP contribution in [0.5, 0.6) is 5.75 Å². The van der Waals surface area contributed by atoms with Crippen LogP contribution in [0.1, 0.15) is 18.6 Å². The van der Waals surface area contributed by atoms with Gasteiger partial charge in [0.15, 0.2) is 6.61 Å². The van der Waals surface area contributed by atoms with Gasteiger partial charge in [0.2, 0.25) is 5.75 Å². The van der Waals surface area contributed by atoms with Crippen molar-refractivity contribution in [3.8, 4) is 5.75 Å². The van der Waals surface area contributed by atoms with Gasteiger partial charge in [-0.2, -0.15) is 0 Å². The maximum absolute atomic E-state index is 11.5. The van der Waals surface area contributed by atoms with Crippen molar-refractivity contribution in [2.45, 2.75) is 13.0 Å². The van der Waals surface area contributed by atoms with Crippen LogP contribution >= 0.6 is 15.9 Å². The summed E-state index contributed by atoms with van der Waals surface area (Å²) in [5.74, 6) is -0.429. The summed E-state index contributed by atoms with van der Waals surface area (Å²) in [4.78, 5) is 23.3. The zero-order valence-corrected chi connectivity index (χ0v) is 12.9. The summed E-state index contributed by atoms with van der Waals surface area (Å²) < 4.78 is 5.71. The van der Waals surface area contributed by atoms with Crippen LogP contribution in [-0.4, -0.2) is 41.5 Å². The molecule has 1 atom stereocenters. The number of amides is 1. The van der Waals surface area contributed by atoms with Gasteiger partial charge in [0.05, 0.1) is 11.0 Å². The summed E-state index contributed by atoms with van der Waals surface area (Å²) >= 11 is 3.14. The Kier molecular flexibility index (Phi) is 5.46. The molecular formula is C12H15BrN2O5. The largest absolute Gasteiger partial charge is 0.476 e. The first-order chi connectivity index (χ1) is 9.23. The molecule has 1 aromatic rings. The number of aliphatic hydroxyl groups excluding tert-OH is 1. The summed E-state index contributed by atoms with van der Waals surface area (Å²) in [6, 6.07) is 2.79. The molecular weight excluding hydrogens is 332 g/mol. The molecule has 110 valence electrons. The van der Waals surface area contributed by atoms with Gasteiger partial charge in [0.1, 0.15) is 0 Å². The molecule has 0 bridgehead atoms. The van der Waals surface area contributed by atoms with E-state index in [1.807, 2.05) is 0 Å². The SMILES string of the molecule is C[C@@H](O)c1cc(Br)cc([N+](=O)[O-])c1OCC(=O)N(C)C. The maximum atomic E-state index is 11.5. The second-order valence-corrected chi connectivity index (χ2v) is 5.27. The number of nitro benzene ring substituents is 1. The highest BCUT2D eigenvalue weighted by atomic mass is 79.9. The lowest BCUT2D eigenvalue weighted by Crippen LogP contribution is -2.28. The molecule has 0 heterocycles. The molecule has 0 aliphatic carbocycles. The smallest absolute Gasteiger partial charge is 0.312 e. The number of likely N-dealkylation sites (N-methyl/N-ethyl adjacent to an activating group) is 1. The molecule has 1 aromatic carbocycles. The summed E-state index contributed by atoms with van der Waals surface area (Å²) in [5, 5.41) is 20.7. The fourth-order valence-corrected chi connectivity index (χ4v) is 1.93. The summed E-state index contributed by atoms with van der Waals surface area (Å²) in [6.07, 6.45) is -0.962. The highest BCUT2D eigenvalue weighted by Crippen LogP contribution is 2.37. The number of carbonyl (C=O) groups is 1. The van der Waals surface area contributed by atoms with Crippen molar-refractivity contribution in [1.29, 1.82) is 0 Å². The normalized spacial score (nSPS) is 11.8. The Bertz CT molecular complexity index is 531. The molecule has 8 heteroatoms. The minimum Gasteiger partial charge on any atom is -0.476 e. The molecule has 1 amide bonds. The minimum absolute atomic E-state index is 0.0941. The molecule has 0 aliphatic heterocycles. The third-order valence-electron chi connectivity index (χ3n) is 2.55. The van der Waals surface area contributed by atoms with Crippen LogP contribution in [0.15, 0.2) is 16.6 Å². The minimum atomic E-state index is -0.962. The van der Waals surface area contributed by atoms with Crippen molar-refractivity contribution in [1.82, 2.24) is 4.90 Å². The second kappa shape index (κ2) is 6.67. The van der Waals surface area contributed by atoms with Gasteiger partial charge in [-0.15, -0.1) is 0 Å². The standard InChI is InChI=1S/C12H15BrN2O5/c1-7(16)9-4-8(13)5-10(15(18)19)12(9)20-6-11(17)14(2)3/h4-5,7,16H,6H2,1-3H3/t7-/m1/s1. The van der Waals surface area contributed by atoms with Crippen LogP contribution in [0.25, 0.3) is 0 Å². The van der Waals surface area contributed by atoms with Crippen molar-refractivity contribution in [2.24, 2.45) is 0 Å². The number of nitrogens with zero attached hydrogens (tertiary/aromatic N) is 2. The quantitative estimate of drug-likeness (QED) is 0.648. The number of carbonyl (C=O) groups excluding carboxylic acids is 1. The van der Waals surface area contributed by atoms with Crippen LogP contribution in [0.3, 0.4) is 0 Å². The number of hydrogen-bond donors (Lipinski definition) is 1. The Labute approximate surface area is 124 Å². The van der Waals surface area contributed by atoms with Crippen molar-refractivity contribution in [3.05, 3.63) is 32.3 Å². The molecule has 0 aliphatic rings. The van der Waals surface area contributed by atoms with Gasteiger partial charge in [0.25, 0.3) is 5.91 Å². The van der Waals surface area contributed by atoms with E-state index in [1.165, 1.54) is 24.0 Å². The van der Waals surface area contributed by atoms with Crippen LogP contribution in [0.2, 0.25) is 0 Å². The summed E-state index contributed by atoms with van der Waals surface area (Å²) in [6.45, 7) is 1.13. The van der Waals surface area contributed by atoms with E-state index in [0.717, 1.165) is 0 Å². The molecule has 1 N–H and O–H groups in total. The molecule has 20 heavy (non-hydrogen) atoms. The number of hydrogen-bond acceptors (Lipinski definition) is 5. The van der Waals surface area contributed by atoms with Gasteiger partial charge >= 0.3 is 5.69 Å². The second-order valence-electron chi connectivity index (χ2n) is 4.35. The predicted octanol–water partition coefficient (Wildman–Crippen LogP) is 1.88. The third-order valence-corrected chi connectivity index (χ3v) is 3.01. The van der Waals surface area contributed by atoms with E-state index in [1.54, 1.807) is 14.1 Å². The van der Waals surface area contributed by atoms with E-state index >= 15 is 0 Å². The number of aliphatic hydroxyl groups is 1. The Morgan fingerprint density at radius 2 is 2.15 bits per heavy atom. The van der Waals surface area contributed by atoms with Gasteiger partial charge in [-0.25, -0.2) is 0 Å². The average Bonchev–Trinajstić information content (AvgIpc) is 2.35. The topological polar surface area (TPSA) is 92.9 Å². The first kappa shape index (κ1) is 16.4. The average molecular weight is 347 g/mol. The number of halogens is 1. The first-order valence-electron chi connectivity index (χ1n) is 5.73. The van der Waals surface area contributed by atoms with E-state index in [2.05, 4.69) is 15.9 Å². The molecule has 0 aromatic heterocycles. The first-order valence-corrected chi connectivity index (χ1v) is 6.52. The molecule has 1 rings (SSSR count). The van der Waals surface area contributed by atoms with Crippen LogP contribution in [0.4, 0.5) is 5.69 Å². The molecule has 0 spiro atoms. The number of rotatable bonds is 5. The molecule has 0 saturated carbocycles. The lowest BCUT2D eigenvalue weighted by atomic mass is 10.1. The molecule has 0 fully saturated rings. The van der Waals surface area contributed by atoms with Gasteiger partial charge < -0.3 is 14.7 Å². The predicted molar refractivity (Wildman–Crippen MR) is 75.6 cm³/mol. The van der Waals surface area contributed by atoms with E-state index in [9.17, 15) is 20.0 Å².